The van der Waals surface area contributed by atoms with Crippen LogP contribution in [0.15, 0.2) is 29.3 Å². The first kappa shape index (κ1) is 17.3. The summed E-state index contributed by atoms with van der Waals surface area (Å²) in [7, 11) is -2.49. The predicted molar refractivity (Wildman–Crippen MR) is 88.2 cm³/mol. The van der Waals surface area contributed by atoms with Crippen LogP contribution in [0.25, 0.3) is 0 Å². The fraction of sp³-hybridized carbons (Fsp3) is 0.308. The minimum Gasteiger partial charge on any atom is -0.371 e. The van der Waals surface area contributed by atoms with Crippen molar-refractivity contribution in [2.45, 2.75) is 24.8 Å². The van der Waals surface area contributed by atoms with Gasteiger partial charge < -0.3 is 5.32 Å². The van der Waals surface area contributed by atoms with Gasteiger partial charge in [-0.2, -0.15) is 0 Å². The smallest absolute Gasteiger partial charge is 0.293 e. The van der Waals surface area contributed by atoms with Crippen LogP contribution in [-0.2, 0) is 10.0 Å². The molecule has 0 spiro atoms. The summed E-state index contributed by atoms with van der Waals surface area (Å²) in [5.41, 5.74) is -0.0631. The molecule has 0 saturated carbocycles. The van der Waals surface area contributed by atoms with Crippen molar-refractivity contribution >= 4 is 32.7 Å². The Balaban J connectivity index is 2.37. The summed E-state index contributed by atoms with van der Waals surface area (Å²) >= 11 is 1.49. The SMILES string of the molecule is CNS(=O)(=O)c1ccc(NC(C)c2ncc(C)s2)c([N+](=O)[O-])c1. The molecule has 0 aliphatic heterocycles. The van der Waals surface area contributed by atoms with E-state index in [0.29, 0.717) is 0 Å². The van der Waals surface area contributed by atoms with Gasteiger partial charge in [0.15, 0.2) is 0 Å². The lowest BCUT2D eigenvalue weighted by Crippen LogP contribution is -2.19. The van der Waals surface area contributed by atoms with Gasteiger partial charge in [0.05, 0.1) is 15.9 Å². The number of hydrogen-bond donors (Lipinski definition) is 2. The second kappa shape index (κ2) is 6.60. The Morgan fingerprint density at radius 2 is 2.09 bits per heavy atom. The minimum atomic E-state index is -3.74. The molecule has 0 aliphatic carbocycles. The molecule has 0 radical (unpaired) electrons. The second-order valence-corrected chi connectivity index (χ2v) is 7.97. The Morgan fingerprint density at radius 3 is 2.61 bits per heavy atom. The Morgan fingerprint density at radius 1 is 1.39 bits per heavy atom. The number of thiazole rings is 1. The van der Waals surface area contributed by atoms with E-state index in [0.717, 1.165) is 16.0 Å². The first-order valence-electron chi connectivity index (χ1n) is 6.65. The fourth-order valence-electron chi connectivity index (χ4n) is 1.94. The molecule has 1 aromatic carbocycles. The van der Waals surface area contributed by atoms with Gasteiger partial charge in [0.2, 0.25) is 10.0 Å². The standard InChI is InChI=1S/C13H16N4O4S2/c1-8-7-15-13(22-8)9(2)16-11-5-4-10(23(20,21)14-3)6-12(11)17(18)19/h4-7,9,14,16H,1-3H3. The molecular formula is C13H16N4O4S2. The van der Waals surface area contributed by atoms with Gasteiger partial charge in [-0.3, -0.25) is 10.1 Å². The number of hydrogen-bond acceptors (Lipinski definition) is 7. The molecule has 10 heteroatoms. The fourth-order valence-corrected chi connectivity index (χ4v) is 3.46. The van der Waals surface area contributed by atoms with Crippen molar-refractivity contribution in [3.05, 3.63) is 44.4 Å². The summed E-state index contributed by atoms with van der Waals surface area (Å²) in [6, 6.07) is 3.51. The maximum Gasteiger partial charge on any atom is 0.293 e. The maximum absolute atomic E-state index is 11.8. The summed E-state index contributed by atoms with van der Waals surface area (Å²) < 4.78 is 25.7. The van der Waals surface area contributed by atoms with Crippen molar-refractivity contribution in [3.8, 4) is 0 Å². The quantitative estimate of drug-likeness (QED) is 0.607. The Labute approximate surface area is 137 Å². The van der Waals surface area contributed by atoms with Crippen LogP contribution in [0.1, 0.15) is 22.9 Å². The monoisotopic (exact) mass is 356 g/mol. The number of nitrogens with zero attached hydrogens (tertiary/aromatic N) is 2. The molecule has 23 heavy (non-hydrogen) atoms. The van der Waals surface area contributed by atoms with Crippen LogP contribution in [0.2, 0.25) is 0 Å². The average molecular weight is 356 g/mol. The van der Waals surface area contributed by atoms with Crippen LogP contribution < -0.4 is 10.0 Å². The minimum absolute atomic E-state index is 0.157. The molecule has 1 unspecified atom stereocenters. The van der Waals surface area contributed by atoms with Gasteiger partial charge in [-0.05, 0) is 33.0 Å². The first-order valence-corrected chi connectivity index (χ1v) is 8.95. The van der Waals surface area contributed by atoms with E-state index in [1.165, 1.54) is 30.5 Å². The molecule has 1 aromatic heterocycles. The summed E-state index contributed by atoms with van der Waals surface area (Å²) in [4.78, 5) is 15.8. The third-order valence-corrected chi connectivity index (χ3v) is 5.63. The second-order valence-electron chi connectivity index (χ2n) is 4.82. The highest BCUT2D eigenvalue weighted by atomic mass is 32.2. The molecule has 8 nitrogen and oxygen atoms in total. The van der Waals surface area contributed by atoms with Crippen molar-refractivity contribution in [1.29, 1.82) is 0 Å². The Hall–Kier alpha value is -2.04. The van der Waals surface area contributed by atoms with Crippen molar-refractivity contribution in [2.75, 3.05) is 12.4 Å². The topological polar surface area (TPSA) is 114 Å². The number of anilines is 1. The van der Waals surface area contributed by atoms with Crippen LogP contribution in [0.4, 0.5) is 11.4 Å². The van der Waals surface area contributed by atoms with E-state index >= 15 is 0 Å². The average Bonchev–Trinajstić information content (AvgIpc) is 2.94. The van der Waals surface area contributed by atoms with Gasteiger partial charge in [0, 0.05) is 17.1 Å². The first-order chi connectivity index (χ1) is 10.7. The van der Waals surface area contributed by atoms with E-state index < -0.39 is 14.9 Å². The number of nitro groups is 1. The van der Waals surface area contributed by atoms with E-state index in [1.54, 1.807) is 6.20 Å². The number of benzene rings is 1. The molecule has 2 aromatic rings. The van der Waals surface area contributed by atoms with Crippen LogP contribution in [-0.4, -0.2) is 25.4 Å². The zero-order valence-electron chi connectivity index (χ0n) is 12.7. The van der Waals surface area contributed by atoms with Crippen molar-refractivity contribution in [2.24, 2.45) is 0 Å². The molecule has 0 aliphatic rings. The van der Waals surface area contributed by atoms with Crippen LogP contribution in [0.5, 0.6) is 0 Å². The Kier molecular flexibility index (Phi) is 4.97. The molecule has 0 bridgehead atoms. The van der Waals surface area contributed by atoms with Crippen LogP contribution in [0, 0.1) is 17.0 Å². The number of sulfonamides is 1. The molecule has 0 saturated heterocycles. The molecular weight excluding hydrogens is 340 g/mol. The van der Waals surface area contributed by atoms with Gasteiger partial charge in [-0.15, -0.1) is 11.3 Å². The molecule has 2 rings (SSSR count). The van der Waals surface area contributed by atoms with E-state index in [9.17, 15) is 18.5 Å². The summed E-state index contributed by atoms with van der Waals surface area (Å²) in [6.07, 6.45) is 1.73. The third kappa shape index (κ3) is 3.84. The van der Waals surface area contributed by atoms with Gasteiger partial charge in [-0.25, -0.2) is 18.1 Å². The third-order valence-electron chi connectivity index (χ3n) is 3.13. The van der Waals surface area contributed by atoms with Gasteiger partial charge in [-0.1, -0.05) is 0 Å². The predicted octanol–water partition coefficient (Wildman–Crippen LogP) is 2.44. The lowest BCUT2D eigenvalue weighted by atomic mass is 10.2. The number of nitro benzene ring substituents is 1. The van der Waals surface area contributed by atoms with Gasteiger partial charge in [0.25, 0.3) is 5.69 Å². The van der Waals surface area contributed by atoms with E-state index in [4.69, 9.17) is 0 Å². The number of aromatic nitrogens is 1. The maximum atomic E-state index is 11.8. The largest absolute Gasteiger partial charge is 0.371 e. The molecule has 124 valence electrons. The van der Waals surface area contributed by atoms with E-state index in [-0.39, 0.29) is 22.3 Å². The van der Waals surface area contributed by atoms with Crippen molar-refractivity contribution in [1.82, 2.24) is 9.71 Å². The van der Waals surface area contributed by atoms with Gasteiger partial charge in [0.1, 0.15) is 10.7 Å². The normalized spacial score (nSPS) is 12.8. The highest BCUT2D eigenvalue weighted by Gasteiger charge is 2.22. The van der Waals surface area contributed by atoms with Crippen molar-refractivity contribution < 1.29 is 13.3 Å². The summed E-state index contributed by atoms with van der Waals surface area (Å²) in [5, 5.41) is 15.1. The van der Waals surface area contributed by atoms with E-state index in [1.807, 2.05) is 13.8 Å². The van der Waals surface area contributed by atoms with Crippen molar-refractivity contribution in [3.63, 3.8) is 0 Å². The molecule has 1 atom stereocenters. The number of rotatable bonds is 6. The van der Waals surface area contributed by atoms with Crippen LogP contribution in [0.3, 0.4) is 0 Å². The molecule has 2 N–H and O–H groups in total. The van der Waals surface area contributed by atoms with E-state index in [2.05, 4.69) is 15.0 Å². The lowest BCUT2D eigenvalue weighted by molar-refractivity contribution is -0.384. The zero-order valence-corrected chi connectivity index (χ0v) is 14.4. The molecule has 0 amide bonds. The van der Waals surface area contributed by atoms with Crippen LogP contribution >= 0.6 is 11.3 Å². The lowest BCUT2D eigenvalue weighted by Gasteiger charge is -2.13. The van der Waals surface area contributed by atoms with Gasteiger partial charge >= 0.3 is 0 Å². The number of aryl methyl sites for hydroxylation is 1. The molecule has 1 heterocycles. The number of nitrogens with one attached hydrogen (secondary N) is 2. The Bertz CT molecular complexity index is 832. The summed E-state index contributed by atoms with van der Waals surface area (Å²) in [5.74, 6) is 0. The summed E-state index contributed by atoms with van der Waals surface area (Å²) in [6.45, 7) is 3.76. The zero-order chi connectivity index (χ0) is 17.2. The highest BCUT2D eigenvalue weighted by molar-refractivity contribution is 7.89. The highest BCUT2D eigenvalue weighted by Crippen LogP contribution is 2.31. The molecule has 0 fully saturated rings.